The van der Waals surface area contributed by atoms with Crippen LogP contribution in [-0.2, 0) is 0 Å². The Morgan fingerprint density at radius 1 is 0.409 bits per heavy atom. The van der Waals surface area contributed by atoms with Crippen molar-refractivity contribution in [1.82, 2.24) is 80.3 Å². The zero-order valence-corrected chi connectivity index (χ0v) is 85.0. The van der Waals surface area contributed by atoms with Gasteiger partial charge in [-0.25, -0.2) is 39.9 Å². The van der Waals surface area contributed by atoms with Gasteiger partial charge in [-0.3, -0.25) is 38.4 Å². The third kappa shape index (κ3) is 28.0. The molecule has 8 aromatic heterocycles. The van der Waals surface area contributed by atoms with E-state index in [1.807, 2.05) is 92.3 Å². The molecule has 32 nitrogen and oxygen atoms in total. The third-order valence-corrected chi connectivity index (χ3v) is 26.8. The van der Waals surface area contributed by atoms with Gasteiger partial charge in [0.05, 0.1) is 42.4 Å². The first-order valence-electron chi connectivity index (χ1n) is 45.6. The molecule has 5 aliphatic heterocycles. The van der Waals surface area contributed by atoms with Crippen molar-refractivity contribution in [1.29, 1.82) is 0 Å². The fourth-order valence-corrected chi connectivity index (χ4v) is 20.0. The molecule has 718 valence electrons. The summed E-state index contributed by atoms with van der Waals surface area (Å²) in [5, 5.41) is 62.1. The predicted molar refractivity (Wildman–Crippen MR) is 525 cm³/mol. The lowest BCUT2D eigenvalue weighted by atomic mass is 10.1. The van der Waals surface area contributed by atoms with Crippen LogP contribution in [0.3, 0.4) is 0 Å². The van der Waals surface area contributed by atoms with Gasteiger partial charge in [-0.15, -0.1) is 45.3 Å². The predicted octanol–water partition coefficient (Wildman–Crippen LogP) is 15.1. The highest BCUT2D eigenvalue weighted by Gasteiger charge is 2.41. The zero-order chi connectivity index (χ0) is 97.6. The van der Waals surface area contributed by atoms with Gasteiger partial charge in [0.25, 0.3) is 47.3 Å². The maximum absolute atomic E-state index is 13.6. The molecule has 1 unspecified atom stereocenters. The van der Waals surface area contributed by atoms with E-state index in [1.165, 1.54) is 45.3 Å². The Morgan fingerprint density at radius 2 is 0.659 bits per heavy atom. The molecule has 13 heterocycles. The topological polar surface area (TPSA) is 421 Å². The SMILES string of the molecule is Cc1cc(NC(C)(C)C)ncc1-c1sc(C(=O)N2CCC(C)(O)C2)nc1C(=O)N1CCC[C@@H]1C.Cc1cc(NC(C)(C)C)ncc1-c1sc(C(=O)NCC(C)(C)O)nc1C(=O)N1CCC[C@@H]1C.Cc1cc(NC(C)(C)C)ncc1-c1sc(C(=O)NCC(C)(C)O)nc1C(=O)N1CCC[C@@H]1C.Cc1cc(NC(C)(C)C)ncc1-c1sc(C(=O)NC[C@@H](C)O)nc1C(=O)N1CCC[C@@H]1C. The van der Waals surface area contributed by atoms with E-state index < -0.39 is 40.6 Å². The van der Waals surface area contributed by atoms with E-state index >= 15 is 0 Å². The van der Waals surface area contributed by atoms with Crippen LogP contribution >= 0.6 is 45.3 Å². The highest BCUT2D eigenvalue weighted by Crippen LogP contribution is 2.42. The van der Waals surface area contributed by atoms with Crippen LogP contribution in [0.4, 0.5) is 23.3 Å². The van der Waals surface area contributed by atoms with Crippen molar-refractivity contribution in [3.8, 4) is 41.8 Å². The molecule has 5 fully saturated rings. The molecular formula is C96H138N20O12S4. The van der Waals surface area contributed by atoms with Crippen molar-refractivity contribution in [2.75, 3.05) is 80.2 Å². The summed E-state index contributed by atoms with van der Waals surface area (Å²) in [6.07, 6.45) is 14.5. The average Bonchev–Trinajstić information content (AvgIpc) is 1.64. The molecule has 0 radical (unpaired) electrons. The lowest BCUT2D eigenvalue weighted by Gasteiger charge is -2.22. The first kappa shape index (κ1) is 104. The van der Waals surface area contributed by atoms with E-state index in [-0.39, 0.29) is 139 Å². The quantitative estimate of drug-likeness (QED) is 0.0300. The van der Waals surface area contributed by atoms with Gasteiger partial charge in [-0.05, 0) is 284 Å². The number of amides is 8. The Hall–Kier alpha value is -10.1. The van der Waals surface area contributed by atoms with Crippen molar-refractivity contribution in [3.63, 3.8) is 0 Å². The number of nitrogens with zero attached hydrogens (tertiary/aromatic N) is 13. The molecule has 36 heteroatoms. The van der Waals surface area contributed by atoms with Crippen LogP contribution in [0, 0.1) is 27.7 Å². The summed E-state index contributed by atoms with van der Waals surface area (Å²) in [7, 11) is 0. The molecule has 13 rings (SSSR count). The standard InChI is InChI=1S/C25H35N5O3S.2C24H35N5O3S.C23H33N5O3S/c1-15-12-18(28-24(3,4)5)26-13-17(15)20-19(22(31)30-10-7-8-16(30)2)27-21(34-20)23(32)29-11-9-25(6,33)14-29;2*1-14-11-17(28-23(3,4)5)25-12-16(14)19-18(22(31)29-10-8-9-15(29)2)27-21(33-19)20(30)26-13-24(6,7)32;1-13-10-17(27-23(4,5)6)24-12-16(13)19-18(22(31)28-9-7-8-14(28)2)26-21(32-19)20(30)25-11-15(3)29/h12-13,16,33H,7-11,14H2,1-6H3,(H,26,28);2*11-12,15,32H,8-10,13H2,1-7H3,(H,25,28)(H,26,30);10,12,14-15,29H,7-9,11H2,1-6H3,(H,24,27)(H,25,30)/t16-,25?;2*15-;14-,15+/m0000/s1. The van der Waals surface area contributed by atoms with Gasteiger partial charge in [-0.1, -0.05) is 0 Å². The Morgan fingerprint density at radius 3 is 0.871 bits per heavy atom. The molecule has 8 amide bonds. The molecule has 0 aliphatic carbocycles. The van der Waals surface area contributed by atoms with E-state index in [1.54, 1.807) is 71.2 Å². The van der Waals surface area contributed by atoms with Gasteiger partial charge < -0.3 is 82.1 Å². The molecule has 0 saturated carbocycles. The lowest BCUT2D eigenvalue weighted by molar-refractivity contribution is 0.0571. The Balaban J connectivity index is 0.000000183. The summed E-state index contributed by atoms with van der Waals surface area (Å²) in [6.45, 7) is 54.4. The molecule has 5 aliphatic rings. The average molecular weight is 1890 g/mol. The number of β-amino-alcohol motifs (C(OH)–C–C–N with tert-alkyl or cyclic N) is 1. The number of pyridine rings is 4. The fraction of sp³-hybridized carbons (Fsp3) is 0.583. The van der Waals surface area contributed by atoms with Gasteiger partial charge in [-0.2, -0.15) is 0 Å². The summed E-state index contributed by atoms with van der Waals surface area (Å²) in [5.74, 6) is 0.919. The second-order valence-electron chi connectivity index (χ2n) is 41.3. The zero-order valence-electron chi connectivity index (χ0n) is 81.7. The number of carbonyl (C=O) groups excluding carboxylic acids is 8. The first-order chi connectivity index (χ1) is 61.3. The van der Waals surface area contributed by atoms with Crippen molar-refractivity contribution >= 4 is 116 Å². The number of aromatic nitrogens is 8. The number of nitrogens with one attached hydrogen (secondary N) is 7. The number of carbonyl (C=O) groups is 8. The van der Waals surface area contributed by atoms with Crippen LogP contribution in [0.1, 0.15) is 314 Å². The number of aliphatic hydroxyl groups is 4. The molecule has 0 aromatic carbocycles. The molecule has 132 heavy (non-hydrogen) atoms. The summed E-state index contributed by atoms with van der Waals surface area (Å²) < 4.78 is 0. The smallest absolute Gasteiger partial charge is 0.282 e. The van der Waals surface area contributed by atoms with Gasteiger partial charge in [0.1, 0.15) is 46.0 Å². The lowest BCUT2D eigenvalue weighted by Crippen LogP contribution is -2.38. The van der Waals surface area contributed by atoms with Crippen LogP contribution < -0.4 is 37.2 Å². The summed E-state index contributed by atoms with van der Waals surface area (Å²) in [4.78, 5) is 153. The molecule has 5 saturated heterocycles. The van der Waals surface area contributed by atoms with Gasteiger partial charge in [0, 0.05) is 152 Å². The maximum Gasteiger partial charge on any atom is 0.282 e. The van der Waals surface area contributed by atoms with E-state index in [4.69, 9.17) is 0 Å². The molecular weight excluding hydrogens is 1750 g/mol. The van der Waals surface area contributed by atoms with E-state index in [9.17, 15) is 58.8 Å². The number of hydrogen-bond donors (Lipinski definition) is 11. The van der Waals surface area contributed by atoms with Gasteiger partial charge in [0.15, 0.2) is 20.0 Å². The highest BCUT2D eigenvalue weighted by atomic mass is 32.1. The van der Waals surface area contributed by atoms with Crippen LogP contribution in [0.25, 0.3) is 41.8 Å². The largest absolute Gasteiger partial charge is 0.392 e. The fourth-order valence-electron chi connectivity index (χ4n) is 15.8. The molecule has 8 aromatic rings. The van der Waals surface area contributed by atoms with Crippen molar-refractivity contribution in [2.45, 2.75) is 307 Å². The number of aryl methyl sites for hydroxylation is 4. The summed E-state index contributed by atoms with van der Waals surface area (Å²) in [5.41, 5.74) is 4.57. The Kier molecular flexibility index (Phi) is 33.3. The van der Waals surface area contributed by atoms with Crippen molar-refractivity contribution in [3.05, 3.63) is 114 Å². The molecule has 0 spiro atoms. The van der Waals surface area contributed by atoms with Crippen molar-refractivity contribution in [2.24, 2.45) is 0 Å². The Bertz CT molecular complexity index is 5340. The van der Waals surface area contributed by atoms with Crippen LogP contribution in [-0.4, -0.2) is 260 Å². The van der Waals surface area contributed by atoms with Crippen molar-refractivity contribution < 1.29 is 58.8 Å². The maximum atomic E-state index is 13.6. The minimum Gasteiger partial charge on any atom is -0.392 e. The molecule has 0 bridgehead atoms. The van der Waals surface area contributed by atoms with Crippen LogP contribution in [0.2, 0.25) is 0 Å². The number of aliphatic hydroxyl groups excluding tert-OH is 1. The Labute approximate surface area is 793 Å². The number of hydrogen-bond acceptors (Lipinski definition) is 28. The number of thiazole rings is 4. The first-order valence-corrected chi connectivity index (χ1v) is 48.8. The van der Waals surface area contributed by atoms with E-state index in [0.29, 0.717) is 64.3 Å². The molecule has 6 atom stereocenters. The second kappa shape index (κ2) is 42.2. The highest BCUT2D eigenvalue weighted by molar-refractivity contribution is 7.18. The number of anilines is 4. The van der Waals surface area contributed by atoms with E-state index in [2.05, 4.69) is 167 Å². The third-order valence-electron chi connectivity index (χ3n) is 22.4. The molecule has 11 N–H and O–H groups in total. The van der Waals surface area contributed by atoms with E-state index in [0.717, 1.165) is 119 Å². The van der Waals surface area contributed by atoms with Crippen LogP contribution in [0.15, 0.2) is 49.1 Å². The normalized spacial score (nSPS) is 18.5. The minimum atomic E-state index is -1.05. The van der Waals surface area contributed by atoms with Gasteiger partial charge in [0.2, 0.25) is 0 Å². The minimum absolute atomic E-state index is 0.0843. The van der Waals surface area contributed by atoms with Crippen LogP contribution in [0.5, 0.6) is 0 Å². The number of rotatable bonds is 22. The summed E-state index contributed by atoms with van der Waals surface area (Å²) in [6, 6.07) is 8.36. The monoisotopic (exact) mass is 1890 g/mol. The second-order valence-corrected chi connectivity index (χ2v) is 45.3. The number of likely N-dealkylation sites (tertiary alicyclic amines) is 5. The van der Waals surface area contributed by atoms with Gasteiger partial charge >= 0.3 is 0 Å². The summed E-state index contributed by atoms with van der Waals surface area (Å²) >= 11 is 4.78.